The molecule has 0 saturated heterocycles. The molecule has 0 saturated carbocycles. The predicted octanol–water partition coefficient (Wildman–Crippen LogP) is 0.790. The molecule has 1 aliphatic rings. The lowest BCUT2D eigenvalue weighted by Gasteiger charge is -2.33. The van der Waals surface area contributed by atoms with E-state index in [0.717, 1.165) is 0 Å². The van der Waals surface area contributed by atoms with Crippen molar-refractivity contribution in [2.24, 2.45) is 5.73 Å². The maximum atomic E-state index is 11.7. The molecule has 0 unspecified atom stereocenters. The Balaban J connectivity index is 1.86. The number of hydrogen-bond acceptors (Lipinski definition) is 5. The van der Waals surface area contributed by atoms with Gasteiger partial charge in [0.25, 0.3) is 0 Å². The average molecular weight is 272 g/mol. The van der Waals surface area contributed by atoms with Crippen LogP contribution in [0.1, 0.15) is 22.8 Å². The van der Waals surface area contributed by atoms with E-state index in [1.54, 1.807) is 6.92 Å². The molecule has 0 fully saturated rings. The highest BCUT2D eigenvalue weighted by atomic mass is 16.5. The van der Waals surface area contributed by atoms with E-state index in [1.807, 2.05) is 23.1 Å². The fourth-order valence-electron chi connectivity index (χ4n) is 2.60. The minimum absolute atomic E-state index is 0.323. The highest BCUT2D eigenvalue weighted by Crippen LogP contribution is 2.24. The zero-order valence-corrected chi connectivity index (χ0v) is 11.2. The number of hydrogen-bond donors (Lipinski definition) is 1. The zero-order chi connectivity index (χ0) is 14.1. The second-order valence-corrected chi connectivity index (χ2v) is 5.03. The Morgan fingerprint density at radius 1 is 1.45 bits per heavy atom. The van der Waals surface area contributed by atoms with Gasteiger partial charge in [-0.25, -0.2) is 0 Å². The van der Waals surface area contributed by atoms with Gasteiger partial charge < -0.3 is 10.3 Å². The van der Waals surface area contributed by atoms with E-state index in [-0.39, 0.29) is 11.9 Å². The van der Waals surface area contributed by atoms with Gasteiger partial charge in [-0.3, -0.25) is 9.69 Å². The lowest BCUT2D eigenvalue weighted by molar-refractivity contribution is -0.124. The molecule has 3 rings (SSSR count). The standard InChI is InChI=1S/C14H16N4O2/c1-9-16-13(20-17-9)8-18-7-11-5-3-2-4-10(11)6-12(18)14(15)19/h2-5,12H,6-8H2,1H3,(H2,15,19)/t12-/m1/s1. The molecule has 0 radical (unpaired) electrons. The van der Waals surface area contributed by atoms with Crippen LogP contribution in [0.4, 0.5) is 0 Å². The zero-order valence-electron chi connectivity index (χ0n) is 11.2. The minimum Gasteiger partial charge on any atom is -0.368 e. The van der Waals surface area contributed by atoms with Gasteiger partial charge in [0.1, 0.15) is 0 Å². The number of aryl methyl sites for hydroxylation is 1. The number of primary amides is 1. The van der Waals surface area contributed by atoms with Gasteiger partial charge in [-0.1, -0.05) is 29.4 Å². The molecular weight excluding hydrogens is 256 g/mol. The minimum atomic E-state index is -0.336. The Labute approximate surface area is 116 Å². The molecule has 20 heavy (non-hydrogen) atoms. The number of benzene rings is 1. The molecule has 0 bridgehead atoms. The molecule has 2 aromatic rings. The molecule has 1 aliphatic heterocycles. The smallest absolute Gasteiger partial charge is 0.240 e. The molecule has 6 heteroatoms. The highest BCUT2D eigenvalue weighted by molar-refractivity contribution is 5.80. The normalized spacial score (nSPS) is 18.8. The van der Waals surface area contributed by atoms with Crippen molar-refractivity contribution in [2.45, 2.75) is 32.5 Å². The van der Waals surface area contributed by atoms with Crippen molar-refractivity contribution >= 4 is 5.91 Å². The number of carbonyl (C=O) groups is 1. The molecule has 1 aromatic carbocycles. The van der Waals surface area contributed by atoms with Crippen molar-refractivity contribution in [3.8, 4) is 0 Å². The third-order valence-corrected chi connectivity index (χ3v) is 3.58. The van der Waals surface area contributed by atoms with Crippen LogP contribution in [0.3, 0.4) is 0 Å². The number of carbonyl (C=O) groups excluding carboxylic acids is 1. The van der Waals surface area contributed by atoms with Gasteiger partial charge in [-0.2, -0.15) is 4.98 Å². The van der Waals surface area contributed by atoms with Gasteiger partial charge >= 0.3 is 0 Å². The van der Waals surface area contributed by atoms with E-state index in [4.69, 9.17) is 10.3 Å². The van der Waals surface area contributed by atoms with Gasteiger partial charge in [-0.05, 0) is 24.5 Å². The van der Waals surface area contributed by atoms with E-state index in [2.05, 4.69) is 16.2 Å². The summed E-state index contributed by atoms with van der Waals surface area (Å²) in [5, 5.41) is 3.77. The van der Waals surface area contributed by atoms with Crippen LogP contribution in [-0.4, -0.2) is 27.0 Å². The average Bonchev–Trinajstić information content (AvgIpc) is 2.83. The third kappa shape index (κ3) is 2.42. The summed E-state index contributed by atoms with van der Waals surface area (Å²) in [6.07, 6.45) is 0.624. The number of rotatable bonds is 3. The summed E-state index contributed by atoms with van der Waals surface area (Å²) in [5.74, 6) is 0.775. The second-order valence-electron chi connectivity index (χ2n) is 5.03. The maximum absolute atomic E-state index is 11.7. The maximum Gasteiger partial charge on any atom is 0.240 e. The van der Waals surface area contributed by atoms with Crippen LogP contribution in [0.15, 0.2) is 28.8 Å². The first-order valence-corrected chi connectivity index (χ1v) is 6.53. The van der Waals surface area contributed by atoms with Gasteiger partial charge in [0.15, 0.2) is 5.82 Å². The SMILES string of the molecule is Cc1noc(CN2Cc3ccccc3C[C@@H]2C(N)=O)n1. The Bertz CT molecular complexity index is 638. The van der Waals surface area contributed by atoms with Crippen LogP contribution in [0.2, 0.25) is 0 Å². The Morgan fingerprint density at radius 3 is 2.85 bits per heavy atom. The number of amides is 1. The van der Waals surface area contributed by atoms with Crippen molar-refractivity contribution in [1.29, 1.82) is 0 Å². The summed E-state index contributed by atoms with van der Waals surface area (Å²) in [6, 6.07) is 7.75. The first-order chi connectivity index (χ1) is 9.63. The van der Waals surface area contributed by atoms with Crippen molar-refractivity contribution in [3.63, 3.8) is 0 Å². The quantitative estimate of drug-likeness (QED) is 0.892. The summed E-state index contributed by atoms with van der Waals surface area (Å²) in [6.45, 7) is 2.86. The van der Waals surface area contributed by atoms with Crippen LogP contribution in [0.25, 0.3) is 0 Å². The first kappa shape index (κ1) is 12.8. The fraction of sp³-hybridized carbons (Fsp3) is 0.357. The molecule has 0 aliphatic carbocycles. The Kier molecular flexibility index (Phi) is 3.23. The van der Waals surface area contributed by atoms with Crippen LogP contribution >= 0.6 is 0 Å². The number of nitrogens with two attached hydrogens (primary N) is 1. The molecule has 2 heterocycles. The highest BCUT2D eigenvalue weighted by Gasteiger charge is 2.30. The van der Waals surface area contributed by atoms with Crippen LogP contribution in [0.5, 0.6) is 0 Å². The monoisotopic (exact) mass is 272 g/mol. The van der Waals surface area contributed by atoms with Crippen molar-refractivity contribution in [2.75, 3.05) is 0 Å². The van der Waals surface area contributed by atoms with Crippen LogP contribution in [-0.2, 0) is 24.3 Å². The topological polar surface area (TPSA) is 85.3 Å². The lowest BCUT2D eigenvalue weighted by Crippen LogP contribution is -2.48. The number of nitrogens with zero attached hydrogens (tertiary/aromatic N) is 3. The van der Waals surface area contributed by atoms with Gasteiger partial charge in [0.2, 0.25) is 11.8 Å². The molecule has 1 atom stereocenters. The largest absolute Gasteiger partial charge is 0.368 e. The molecule has 0 spiro atoms. The van der Waals surface area contributed by atoms with E-state index in [9.17, 15) is 4.79 Å². The van der Waals surface area contributed by atoms with E-state index >= 15 is 0 Å². The molecule has 1 aromatic heterocycles. The summed E-state index contributed by atoms with van der Waals surface area (Å²) < 4.78 is 5.13. The number of fused-ring (bicyclic) bond motifs is 1. The second kappa shape index (κ2) is 5.05. The molecule has 2 N–H and O–H groups in total. The predicted molar refractivity (Wildman–Crippen MR) is 71.4 cm³/mol. The number of aromatic nitrogens is 2. The van der Waals surface area contributed by atoms with Crippen molar-refractivity contribution < 1.29 is 9.32 Å². The van der Waals surface area contributed by atoms with Crippen LogP contribution < -0.4 is 5.73 Å². The molecular formula is C14H16N4O2. The fourth-order valence-corrected chi connectivity index (χ4v) is 2.60. The third-order valence-electron chi connectivity index (χ3n) is 3.58. The van der Waals surface area contributed by atoms with Crippen LogP contribution in [0, 0.1) is 6.92 Å². The van der Waals surface area contributed by atoms with Gasteiger partial charge in [0.05, 0.1) is 12.6 Å². The van der Waals surface area contributed by atoms with E-state index in [0.29, 0.717) is 31.2 Å². The molecule has 104 valence electrons. The van der Waals surface area contributed by atoms with E-state index < -0.39 is 0 Å². The first-order valence-electron chi connectivity index (χ1n) is 6.53. The van der Waals surface area contributed by atoms with Gasteiger partial charge in [0, 0.05) is 6.54 Å². The lowest BCUT2D eigenvalue weighted by atomic mass is 9.93. The van der Waals surface area contributed by atoms with E-state index in [1.165, 1.54) is 11.1 Å². The van der Waals surface area contributed by atoms with Crippen molar-refractivity contribution in [1.82, 2.24) is 15.0 Å². The molecule has 1 amide bonds. The summed E-state index contributed by atoms with van der Waals surface area (Å²) in [7, 11) is 0. The molecule has 6 nitrogen and oxygen atoms in total. The Morgan fingerprint density at radius 2 is 2.20 bits per heavy atom. The Hall–Kier alpha value is -2.21. The van der Waals surface area contributed by atoms with Crippen molar-refractivity contribution in [3.05, 3.63) is 47.1 Å². The summed E-state index contributed by atoms with van der Waals surface area (Å²) >= 11 is 0. The van der Waals surface area contributed by atoms with Gasteiger partial charge in [-0.15, -0.1) is 0 Å². The summed E-state index contributed by atoms with van der Waals surface area (Å²) in [4.78, 5) is 17.9. The summed E-state index contributed by atoms with van der Waals surface area (Å²) in [5.41, 5.74) is 7.91.